The van der Waals surface area contributed by atoms with Crippen molar-refractivity contribution in [1.82, 2.24) is 0 Å². The van der Waals surface area contributed by atoms with Crippen LogP contribution in [0.4, 0.5) is 0 Å². The zero-order chi connectivity index (χ0) is 18.4. The van der Waals surface area contributed by atoms with E-state index in [0.29, 0.717) is 0 Å². The van der Waals surface area contributed by atoms with Gasteiger partial charge < -0.3 is 5.11 Å². The van der Waals surface area contributed by atoms with Crippen molar-refractivity contribution < 1.29 is 9.90 Å². The lowest BCUT2D eigenvalue weighted by atomic mass is 10.2. The lowest BCUT2D eigenvalue weighted by Gasteiger charge is -1.96. The van der Waals surface area contributed by atoms with Crippen LogP contribution in [0.1, 0.15) is 71.1 Å². The van der Waals surface area contributed by atoms with Crippen LogP contribution in [0.5, 0.6) is 0 Å². The van der Waals surface area contributed by atoms with Crippen LogP contribution in [0.25, 0.3) is 0 Å². The molecule has 0 aromatic rings. The number of hydrogen-bond donors (Lipinski definition) is 1. The molecular formula is C22H36O2S. The molecule has 0 unspecified atom stereocenters. The average Bonchev–Trinajstić information content (AvgIpc) is 2.60. The summed E-state index contributed by atoms with van der Waals surface area (Å²) in [5.74, 6) is 0.454. The number of hydrogen-bond acceptors (Lipinski definition) is 2. The zero-order valence-electron chi connectivity index (χ0n) is 15.9. The summed E-state index contributed by atoms with van der Waals surface area (Å²) in [5.41, 5.74) is 0. The monoisotopic (exact) mass is 364 g/mol. The van der Waals surface area contributed by atoms with Crippen molar-refractivity contribution in [3.63, 3.8) is 0 Å². The number of allylic oxidation sites excluding steroid dienone is 8. The molecule has 2 nitrogen and oxygen atoms in total. The minimum atomic E-state index is -0.717. The Balaban J connectivity index is 3.36. The predicted molar refractivity (Wildman–Crippen MR) is 113 cm³/mol. The highest BCUT2D eigenvalue weighted by molar-refractivity contribution is 7.99. The molecular weight excluding hydrogens is 328 g/mol. The van der Waals surface area contributed by atoms with Crippen molar-refractivity contribution in [2.24, 2.45) is 0 Å². The minimum absolute atomic E-state index is 0.227. The highest BCUT2D eigenvalue weighted by Gasteiger charge is 1.95. The van der Waals surface area contributed by atoms with E-state index in [1.165, 1.54) is 37.4 Å². The van der Waals surface area contributed by atoms with Crippen LogP contribution >= 0.6 is 11.8 Å². The van der Waals surface area contributed by atoms with Crippen LogP contribution in [-0.2, 0) is 4.79 Å². The maximum absolute atomic E-state index is 10.3. The maximum Gasteiger partial charge on any atom is 0.313 e. The standard InChI is InChI=1S/C22H36O2S/c1-2-3-4-5-6-7-8-9-10-11-12-13-14-15-16-17-18-19-20-25-21-22(23)24/h6-7,9-10,12-13,15-16H,2-5,8,11,14,17-21H2,1H3,(H,23,24)/b7-6+,10-9+,13-12+,16-15+. The molecule has 0 aliphatic heterocycles. The van der Waals surface area contributed by atoms with Crippen LogP contribution in [0, 0.1) is 0 Å². The molecule has 0 fully saturated rings. The van der Waals surface area contributed by atoms with Crippen LogP contribution in [0.15, 0.2) is 48.6 Å². The summed E-state index contributed by atoms with van der Waals surface area (Å²) in [4.78, 5) is 10.3. The van der Waals surface area contributed by atoms with Crippen LogP contribution in [-0.4, -0.2) is 22.6 Å². The van der Waals surface area contributed by atoms with Crippen molar-refractivity contribution in [3.8, 4) is 0 Å². The number of carboxylic acid groups (broad SMARTS) is 1. The van der Waals surface area contributed by atoms with Crippen molar-refractivity contribution in [3.05, 3.63) is 48.6 Å². The molecule has 0 saturated carbocycles. The average molecular weight is 365 g/mol. The molecule has 0 aliphatic rings. The van der Waals surface area contributed by atoms with Gasteiger partial charge in [0, 0.05) is 0 Å². The van der Waals surface area contributed by atoms with Crippen LogP contribution in [0.2, 0.25) is 0 Å². The van der Waals surface area contributed by atoms with Gasteiger partial charge in [-0.05, 0) is 57.1 Å². The van der Waals surface area contributed by atoms with E-state index < -0.39 is 5.97 Å². The van der Waals surface area contributed by atoms with Gasteiger partial charge >= 0.3 is 5.97 Å². The van der Waals surface area contributed by atoms with Crippen molar-refractivity contribution in [2.45, 2.75) is 71.1 Å². The highest BCUT2D eigenvalue weighted by atomic mass is 32.2. The smallest absolute Gasteiger partial charge is 0.313 e. The van der Waals surface area contributed by atoms with E-state index in [0.717, 1.165) is 44.3 Å². The Bertz CT molecular complexity index is 408. The minimum Gasteiger partial charge on any atom is -0.481 e. The van der Waals surface area contributed by atoms with Gasteiger partial charge in [-0.1, -0.05) is 68.4 Å². The molecule has 0 aromatic heterocycles. The van der Waals surface area contributed by atoms with Gasteiger partial charge in [0.1, 0.15) is 0 Å². The lowest BCUT2D eigenvalue weighted by molar-refractivity contribution is -0.133. The summed E-state index contributed by atoms with van der Waals surface area (Å²) in [6.07, 6.45) is 29.4. The fourth-order valence-electron chi connectivity index (χ4n) is 2.19. The quantitative estimate of drug-likeness (QED) is 0.224. The first-order chi connectivity index (χ1) is 12.3. The van der Waals surface area contributed by atoms with Gasteiger partial charge in [-0.2, -0.15) is 11.8 Å². The maximum atomic E-state index is 10.3. The summed E-state index contributed by atoms with van der Waals surface area (Å²) < 4.78 is 0. The zero-order valence-corrected chi connectivity index (χ0v) is 16.7. The summed E-state index contributed by atoms with van der Waals surface area (Å²) in [6, 6.07) is 0. The Morgan fingerprint density at radius 2 is 1.24 bits per heavy atom. The molecule has 0 saturated heterocycles. The number of carboxylic acids is 1. The van der Waals surface area contributed by atoms with Crippen molar-refractivity contribution in [2.75, 3.05) is 11.5 Å². The van der Waals surface area contributed by atoms with E-state index >= 15 is 0 Å². The number of carbonyl (C=O) groups is 1. The second-order valence-corrected chi connectivity index (χ2v) is 7.14. The number of thioether (sulfide) groups is 1. The predicted octanol–water partition coefficient (Wildman–Crippen LogP) is 6.95. The fraction of sp³-hybridized carbons (Fsp3) is 0.591. The van der Waals surface area contributed by atoms with Gasteiger partial charge in [-0.15, -0.1) is 0 Å². The molecule has 3 heteroatoms. The third-order valence-corrected chi connectivity index (χ3v) is 4.62. The number of unbranched alkanes of at least 4 members (excludes halogenated alkanes) is 5. The topological polar surface area (TPSA) is 37.3 Å². The number of rotatable bonds is 17. The molecule has 0 atom stereocenters. The van der Waals surface area contributed by atoms with Gasteiger partial charge in [0.2, 0.25) is 0 Å². The van der Waals surface area contributed by atoms with E-state index in [1.54, 1.807) is 0 Å². The Hall–Kier alpha value is -1.22. The first-order valence-corrected chi connectivity index (χ1v) is 10.8. The van der Waals surface area contributed by atoms with E-state index in [1.807, 2.05) is 0 Å². The second-order valence-electron chi connectivity index (χ2n) is 6.03. The van der Waals surface area contributed by atoms with Gasteiger partial charge in [0.05, 0.1) is 5.75 Å². The molecule has 0 amide bonds. The Kier molecular flexibility index (Phi) is 19.8. The molecule has 0 aromatic carbocycles. The largest absolute Gasteiger partial charge is 0.481 e. The third-order valence-electron chi connectivity index (χ3n) is 3.59. The van der Waals surface area contributed by atoms with E-state index in [4.69, 9.17) is 5.11 Å². The van der Waals surface area contributed by atoms with Crippen molar-refractivity contribution >= 4 is 17.7 Å². The van der Waals surface area contributed by atoms with Gasteiger partial charge in [0.15, 0.2) is 0 Å². The van der Waals surface area contributed by atoms with Gasteiger partial charge in [0.25, 0.3) is 0 Å². The van der Waals surface area contributed by atoms with Crippen LogP contribution in [0.3, 0.4) is 0 Å². The summed E-state index contributed by atoms with van der Waals surface area (Å²) >= 11 is 1.50. The summed E-state index contributed by atoms with van der Waals surface area (Å²) in [5, 5.41) is 8.52. The van der Waals surface area contributed by atoms with E-state index in [9.17, 15) is 4.79 Å². The normalized spacial score (nSPS) is 12.4. The van der Waals surface area contributed by atoms with E-state index in [-0.39, 0.29) is 5.75 Å². The van der Waals surface area contributed by atoms with Gasteiger partial charge in [-0.3, -0.25) is 4.79 Å². The molecule has 0 rings (SSSR count). The molecule has 0 spiro atoms. The van der Waals surface area contributed by atoms with Crippen LogP contribution < -0.4 is 0 Å². The Labute approximate surface area is 159 Å². The lowest BCUT2D eigenvalue weighted by Crippen LogP contribution is -1.98. The molecule has 0 heterocycles. The molecule has 0 radical (unpaired) electrons. The second kappa shape index (κ2) is 20.8. The first-order valence-electron chi connectivity index (χ1n) is 9.67. The van der Waals surface area contributed by atoms with Gasteiger partial charge in [-0.25, -0.2) is 0 Å². The first kappa shape index (κ1) is 23.8. The SMILES string of the molecule is CCCCC/C=C/C/C=C/C/C=C/C/C=C/CCCCSCC(=O)O. The molecule has 0 bridgehead atoms. The molecule has 25 heavy (non-hydrogen) atoms. The Morgan fingerprint density at radius 3 is 1.72 bits per heavy atom. The fourth-order valence-corrected chi connectivity index (χ4v) is 2.91. The summed E-state index contributed by atoms with van der Waals surface area (Å²) in [6.45, 7) is 2.24. The highest BCUT2D eigenvalue weighted by Crippen LogP contribution is 2.06. The van der Waals surface area contributed by atoms with E-state index in [2.05, 4.69) is 55.5 Å². The molecule has 142 valence electrons. The summed E-state index contributed by atoms with van der Waals surface area (Å²) in [7, 11) is 0. The Morgan fingerprint density at radius 1 is 0.760 bits per heavy atom. The molecule has 0 aliphatic carbocycles. The number of aliphatic carboxylic acids is 1. The van der Waals surface area contributed by atoms with Crippen molar-refractivity contribution in [1.29, 1.82) is 0 Å². The molecule has 1 N–H and O–H groups in total. The third kappa shape index (κ3) is 22.8.